The van der Waals surface area contributed by atoms with Gasteiger partial charge in [-0.25, -0.2) is 12.7 Å². The molecule has 2 aliphatic rings. The van der Waals surface area contributed by atoms with Gasteiger partial charge in [0.15, 0.2) is 0 Å². The van der Waals surface area contributed by atoms with Gasteiger partial charge in [-0.05, 0) is 44.2 Å². The third-order valence-electron chi connectivity index (χ3n) is 4.06. The topological polar surface area (TPSA) is 49.4 Å². The molecule has 2 saturated heterocycles. The number of nitrogens with zero attached hydrogens (tertiary/aromatic N) is 1. The zero-order valence-electron chi connectivity index (χ0n) is 10.7. The summed E-state index contributed by atoms with van der Waals surface area (Å²) in [6, 6.07) is 0. The molecule has 0 radical (unpaired) electrons. The standard InChI is InChI=1S/C12H24N2O2S/c1-2-11-5-7-14(9-11)17(15,16)10-12-4-3-6-13-8-12/h11-13H,2-10H2,1H3. The Bertz CT molecular complexity index is 336. The minimum atomic E-state index is -3.01. The Kier molecular flexibility index (Phi) is 4.44. The second-order valence-electron chi connectivity index (χ2n) is 5.41. The van der Waals surface area contributed by atoms with Crippen molar-refractivity contribution in [3.63, 3.8) is 0 Å². The lowest BCUT2D eigenvalue weighted by molar-refractivity contribution is 0.389. The van der Waals surface area contributed by atoms with Gasteiger partial charge in [0.1, 0.15) is 0 Å². The molecule has 4 nitrogen and oxygen atoms in total. The van der Waals surface area contributed by atoms with E-state index in [1.54, 1.807) is 4.31 Å². The number of hydrogen-bond donors (Lipinski definition) is 1. The molecule has 2 rings (SSSR count). The summed E-state index contributed by atoms with van der Waals surface area (Å²) >= 11 is 0. The Hall–Kier alpha value is -0.130. The lowest BCUT2D eigenvalue weighted by Gasteiger charge is -2.25. The molecule has 0 aromatic rings. The SMILES string of the molecule is CCC1CCN(S(=O)(=O)CC2CCCNC2)C1. The average Bonchev–Trinajstić information content (AvgIpc) is 2.79. The second kappa shape index (κ2) is 5.67. The smallest absolute Gasteiger partial charge is 0.214 e. The van der Waals surface area contributed by atoms with Gasteiger partial charge in [0.05, 0.1) is 5.75 Å². The van der Waals surface area contributed by atoms with Gasteiger partial charge >= 0.3 is 0 Å². The molecule has 2 atom stereocenters. The van der Waals surface area contributed by atoms with E-state index in [9.17, 15) is 8.42 Å². The van der Waals surface area contributed by atoms with Gasteiger partial charge < -0.3 is 5.32 Å². The van der Waals surface area contributed by atoms with Gasteiger partial charge in [-0.2, -0.15) is 0 Å². The highest BCUT2D eigenvalue weighted by Gasteiger charge is 2.32. The molecule has 0 amide bonds. The Morgan fingerprint density at radius 2 is 2.12 bits per heavy atom. The average molecular weight is 260 g/mol. The minimum Gasteiger partial charge on any atom is -0.316 e. The molecule has 0 spiro atoms. The van der Waals surface area contributed by atoms with Gasteiger partial charge in [0.2, 0.25) is 10.0 Å². The summed E-state index contributed by atoms with van der Waals surface area (Å²) < 4.78 is 26.2. The molecule has 0 aromatic heterocycles. The summed E-state index contributed by atoms with van der Waals surface area (Å²) in [6.45, 7) is 5.54. The highest BCUT2D eigenvalue weighted by molar-refractivity contribution is 7.89. The fourth-order valence-corrected chi connectivity index (χ4v) is 4.77. The number of rotatable bonds is 4. The van der Waals surface area contributed by atoms with Crippen LogP contribution in [0.25, 0.3) is 0 Å². The number of nitrogens with one attached hydrogen (secondary N) is 1. The van der Waals surface area contributed by atoms with Gasteiger partial charge in [0, 0.05) is 13.1 Å². The van der Waals surface area contributed by atoms with E-state index in [0.29, 0.717) is 17.6 Å². The first kappa shape index (κ1) is 13.3. The number of hydrogen-bond acceptors (Lipinski definition) is 3. The first-order valence-corrected chi connectivity index (χ1v) is 8.41. The van der Waals surface area contributed by atoms with E-state index >= 15 is 0 Å². The molecule has 0 bridgehead atoms. The summed E-state index contributed by atoms with van der Waals surface area (Å²) in [4.78, 5) is 0. The van der Waals surface area contributed by atoms with Crippen LogP contribution in [0, 0.1) is 11.8 Å². The molecule has 17 heavy (non-hydrogen) atoms. The maximum absolute atomic E-state index is 12.3. The molecule has 2 heterocycles. The molecule has 5 heteroatoms. The summed E-state index contributed by atoms with van der Waals surface area (Å²) in [6.07, 6.45) is 4.30. The second-order valence-corrected chi connectivity index (χ2v) is 7.43. The van der Waals surface area contributed by atoms with Crippen molar-refractivity contribution in [2.45, 2.75) is 32.6 Å². The maximum atomic E-state index is 12.3. The van der Waals surface area contributed by atoms with Crippen LogP contribution in [-0.4, -0.2) is 44.7 Å². The van der Waals surface area contributed by atoms with Gasteiger partial charge in [-0.15, -0.1) is 0 Å². The van der Waals surface area contributed by atoms with E-state index in [2.05, 4.69) is 12.2 Å². The molecule has 2 fully saturated rings. The number of sulfonamides is 1. The third-order valence-corrected chi connectivity index (χ3v) is 6.08. The van der Waals surface area contributed by atoms with Gasteiger partial charge in [-0.3, -0.25) is 0 Å². The normalized spacial score (nSPS) is 31.8. The molecule has 0 saturated carbocycles. The van der Waals surface area contributed by atoms with Crippen molar-refractivity contribution in [3.05, 3.63) is 0 Å². The third kappa shape index (κ3) is 3.42. The quantitative estimate of drug-likeness (QED) is 0.822. The van der Waals surface area contributed by atoms with Gasteiger partial charge in [-0.1, -0.05) is 13.3 Å². The van der Waals surface area contributed by atoms with Crippen LogP contribution in [0.15, 0.2) is 0 Å². The highest BCUT2D eigenvalue weighted by atomic mass is 32.2. The van der Waals surface area contributed by atoms with Crippen molar-refractivity contribution in [1.29, 1.82) is 0 Å². The van der Waals surface area contributed by atoms with Crippen LogP contribution >= 0.6 is 0 Å². The van der Waals surface area contributed by atoms with Crippen molar-refractivity contribution in [1.82, 2.24) is 9.62 Å². The van der Waals surface area contributed by atoms with Crippen molar-refractivity contribution in [2.75, 3.05) is 31.9 Å². The molecular formula is C12H24N2O2S. The van der Waals surface area contributed by atoms with Crippen LogP contribution in [0.4, 0.5) is 0 Å². The van der Waals surface area contributed by atoms with E-state index in [-0.39, 0.29) is 0 Å². The fraction of sp³-hybridized carbons (Fsp3) is 1.00. The molecule has 0 aromatic carbocycles. The van der Waals surface area contributed by atoms with E-state index < -0.39 is 10.0 Å². The zero-order valence-corrected chi connectivity index (χ0v) is 11.5. The van der Waals surface area contributed by atoms with Crippen molar-refractivity contribution in [2.24, 2.45) is 11.8 Å². The molecule has 2 unspecified atom stereocenters. The van der Waals surface area contributed by atoms with E-state index in [1.165, 1.54) is 0 Å². The van der Waals surface area contributed by atoms with Crippen molar-refractivity contribution < 1.29 is 8.42 Å². The Morgan fingerprint density at radius 1 is 1.29 bits per heavy atom. The predicted octanol–water partition coefficient (Wildman–Crippen LogP) is 1.05. The van der Waals surface area contributed by atoms with Crippen LogP contribution in [0.2, 0.25) is 0 Å². The highest BCUT2D eigenvalue weighted by Crippen LogP contribution is 2.24. The van der Waals surface area contributed by atoms with E-state index in [4.69, 9.17) is 0 Å². The summed E-state index contributed by atoms with van der Waals surface area (Å²) in [7, 11) is -3.01. The zero-order chi connectivity index (χ0) is 12.3. The van der Waals surface area contributed by atoms with Crippen LogP contribution in [0.3, 0.4) is 0 Å². The summed E-state index contributed by atoms with van der Waals surface area (Å²) in [5, 5.41) is 3.28. The molecule has 2 aliphatic heterocycles. The minimum absolute atomic E-state index is 0.314. The monoisotopic (exact) mass is 260 g/mol. The molecule has 1 N–H and O–H groups in total. The summed E-state index contributed by atoms with van der Waals surface area (Å²) in [5.41, 5.74) is 0. The van der Waals surface area contributed by atoms with Crippen LogP contribution < -0.4 is 5.32 Å². The number of piperidine rings is 1. The van der Waals surface area contributed by atoms with E-state index in [0.717, 1.165) is 51.9 Å². The summed E-state index contributed by atoms with van der Waals surface area (Å²) in [5.74, 6) is 1.24. The Morgan fingerprint density at radius 3 is 2.71 bits per heavy atom. The maximum Gasteiger partial charge on any atom is 0.214 e. The fourth-order valence-electron chi connectivity index (χ4n) is 2.85. The lowest BCUT2D eigenvalue weighted by Crippen LogP contribution is -2.39. The lowest BCUT2D eigenvalue weighted by atomic mass is 10.0. The molecule has 0 aliphatic carbocycles. The van der Waals surface area contributed by atoms with Crippen LogP contribution in [0.5, 0.6) is 0 Å². The largest absolute Gasteiger partial charge is 0.316 e. The van der Waals surface area contributed by atoms with Crippen LogP contribution in [-0.2, 0) is 10.0 Å². The van der Waals surface area contributed by atoms with Crippen molar-refractivity contribution in [3.8, 4) is 0 Å². The first-order chi connectivity index (χ1) is 8.12. The van der Waals surface area contributed by atoms with Crippen LogP contribution in [0.1, 0.15) is 32.6 Å². The Balaban J connectivity index is 1.90. The predicted molar refractivity (Wildman–Crippen MR) is 69.4 cm³/mol. The molecular weight excluding hydrogens is 236 g/mol. The van der Waals surface area contributed by atoms with Crippen molar-refractivity contribution >= 4 is 10.0 Å². The Labute approximate surface area is 105 Å². The van der Waals surface area contributed by atoms with E-state index in [1.807, 2.05) is 0 Å². The van der Waals surface area contributed by atoms with Gasteiger partial charge in [0.25, 0.3) is 0 Å². The first-order valence-electron chi connectivity index (χ1n) is 6.80. The molecule has 100 valence electrons.